The van der Waals surface area contributed by atoms with E-state index in [0.29, 0.717) is 31.7 Å². The molecule has 0 saturated carbocycles. The van der Waals surface area contributed by atoms with Crippen LogP contribution >= 0.6 is 0 Å². The number of pyridine rings is 2. The zero-order valence-electron chi connectivity index (χ0n) is 21.7. The van der Waals surface area contributed by atoms with Gasteiger partial charge in [0.1, 0.15) is 5.82 Å². The molecule has 5 aliphatic rings. The summed E-state index contributed by atoms with van der Waals surface area (Å²) in [7, 11) is 0. The maximum absolute atomic E-state index is 13.1. The number of aliphatic carboxylic acids is 1. The Balaban J connectivity index is 1.11. The summed E-state index contributed by atoms with van der Waals surface area (Å²) in [6.45, 7) is 1.06. The lowest BCUT2D eigenvalue weighted by Crippen LogP contribution is -2.49. The molecular formula is C31H27N5O4. The lowest BCUT2D eigenvalue weighted by atomic mass is 9.66. The number of piperidine rings is 1. The molecule has 2 aromatic heterocycles. The van der Waals surface area contributed by atoms with E-state index in [-0.39, 0.29) is 36.6 Å². The molecule has 0 bridgehead atoms. The van der Waals surface area contributed by atoms with Crippen molar-refractivity contribution in [1.82, 2.24) is 20.2 Å². The Morgan fingerprint density at radius 1 is 1.10 bits per heavy atom. The molecule has 3 aromatic rings. The highest BCUT2D eigenvalue weighted by molar-refractivity contribution is 6.06. The first kappa shape index (κ1) is 23.5. The van der Waals surface area contributed by atoms with Crippen molar-refractivity contribution in [3.05, 3.63) is 88.9 Å². The van der Waals surface area contributed by atoms with Crippen molar-refractivity contribution in [2.45, 2.75) is 43.7 Å². The molecule has 8 rings (SSSR count). The molecule has 200 valence electrons. The Bertz CT molecular complexity index is 1730. The van der Waals surface area contributed by atoms with Gasteiger partial charge in [0.2, 0.25) is 11.8 Å². The first-order valence-electron chi connectivity index (χ1n) is 13.7. The topological polar surface area (TPSA) is 125 Å². The molecule has 2 aliphatic carbocycles. The van der Waals surface area contributed by atoms with Crippen LogP contribution in [0.25, 0.3) is 10.9 Å². The van der Waals surface area contributed by atoms with Crippen molar-refractivity contribution in [3.8, 4) is 0 Å². The highest BCUT2D eigenvalue weighted by Gasteiger charge is 2.58. The number of carboxylic acids is 1. The summed E-state index contributed by atoms with van der Waals surface area (Å²) in [5, 5.41) is 16.7. The van der Waals surface area contributed by atoms with Crippen molar-refractivity contribution in [2.75, 3.05) is 11.9 Å². The summed E-state index contributed by atoms with van der Waals surface area (Å²) in [5.74, 6) is -0.411. The second kappa shape index (κ2) is 8.08. The van der Waals surface area contributed by atoms with Crippen LogP contribution in [0.5, 0.6) is 0 Å². The van der Waals surface area contributed by atoms with E-state index in [1.807, 2.05) is 30.4 Å². The Labute approximate surface area is 230 Å². The Kier molecular flexibility index (Phi) is 4.75. The maximum Gasteiger partial charge on any atom is 0.303 e. The minimum Gasteiger partial charge on any atom is -0.481 e. The van der Waals surface area contributed by atoms with Crippen LogP contribution in [-0.2, 0) is 39.2 Å². The highest BCUT2D eigenvalue weighted by Crippen LogP contribution is 2.53. The summed E-state index contributed by atoms with van der Waals surface area (Å²) >= 11 is 0. The molecule has 9 heteroatoms. The zero-order valence-corrected chi connectivity index (χ0v) is 21.7. The predicted molar refractivity (Wildman–Crippen MR) is 146 cm³/mol. The van der Waals surface area contributed by atoms with Crippen LogP contribution < -0.4 is 10.6 Å². The number of rotatable bonds is 4. The van der Waals surface area contributed by atoms with Gasteiger partial charge in [-0.1, -0.05) is 24.3 Å². The first-order chi connectivity index (χ1) is 19.3. The molecule has 40 heavy (non-hydrogen) atoms. The second-order valence-electron chi connectivity index (χ2n) is 11.9. The third-order valence-electron chi connectivity index (χ3n) is 9.57. The van der Waals surface area contributed by atoms with Crippen molar-refractivity contribution in [3.63, 3.8) is 0 Å². The number of hydrogen-bond donors (Lipinski definition) is 3. The average molecular weight is 534 g/mol. The number of anilines is 1. The molecule has 9 nitrogen and oxygen atoms in total. The highest BCUT2D eigenvalue weighted by atomic mass is 16.4. The van der Waals surface area contributed by atoms with Gasteiger partial charge < -0.3 is 15.7 Å². The van der Waals surface area contributed by atoms with Gasteiger partial charge in [0.25, 0.3) is 0 Å². The number of likely N-dealkylation sites (tertiary alicyclic amines) is 1. The molecule has 1 aromatic carbocycles. The summed E-state index contributed by atoms with van der Waals surface area (Å²) in [5.41, 5.74) is 4.57. The monoisotopic (exact) mass is 533 g/mol. The maximum atomic E-state index is 13.1. The lowest BCUT2D eigenvalue weighted by molar-refractivity contribution is -0.141. The number of aromatic nitrogens is 2. The van der Waals surface area contributed by atoms with E-state index in [4.69, 9.17) is 4.98 Å². The Morgan fingerprint density at radius 3 is 2.80 bits per heavy atom. The number of allylic oxidation sites excluding steroid dienone is 2. The summed E-state index contributed by atoms with van der Waals surface area (Å²) < 4.78 is 0. The first-order valence-corrected chi connectivity index (χ1v) is 13.7. The summed E-state index contributed by atoms with van der Waals surface area (Å²) in [6.07, 6.45) is 9.08. The van der Waals surface area contributed by atoms with Crippen LogP contribution in [-0.4, -0.2) is 50.3 Å². The van der Waals surface area contributed by atoms with Crippen LogP contribution in [0, 0.1) is 11.3 Å². The number of nitrogens with zero attached hydrogens (tertiary/aromatic N) is 3. The molecule has 0 radical (unpaired) electrons. The quantitative estimate of drug-likeness (QED) is 0.471. The number of nitrogens with one attached hydrogen (secondary N) is 2. The van der Waals surface area contributed by atoms with Gasteiger partial charge in [-0.05, 0) is 54.3 Å². The normalized spacial score (nSPS) is 29.6. The number of carbonyl (C=O) groups excluding carboxylic acids is 2. The molecule has 1 spiro atoms. The zero-order chi connectivity index (χ0) is 27.2. The molecule has 2 fully saturated rings. The third kappa shape index (κ3) is 3.27. The van der Waals surface area contributed by atoms with E-state index < -0.39 is 16.8 Å². The number of amides is 2. The lowest BCUT2D eigenvalue weighted by Gasteiger charge is -2.41. The minimum atomic E-state index is -0.881. The van der Waals surface area contributed by atoms with E-state index in [0.717, 1.165) is 39.0 Å². The van der Waals surface area contributed by atoms with Gasteiger partial charge in [0.05, 0.1) is 23.0 Å². The molecular weight excluding hydrogens is 506 g/mol. The molecule has 3 N–H and O–H groups in total. The largest absolute Gasteiger partial charge is 0.481 e. The number of carboxylic acid groups (broad SMARTS) is 1. The van der Waals surface area contributed by atoms with Crippen molar-refractivity contribution in [1.29, 1.82) is 0 Å². The molecule has 3 aliphatic heterocycles. The molecule has 2 saturated heterocycles. The van der Waals surface area contributed by atoms with E-state index in [2.05, 4.69) is 44.8 Å². The second-order valence-corrected chi connectivity index (χ2v) is 11.9. The van der Waals surface area contributed by atoms with Crippen LogP contribution in [0.1, 0.15) is 35.2 Å². The van der Waals surface area contributed by atoms with Gasteiger partial charge in [-0.2, -0.15) is 0 Å². The number of hydrogen-bond acceptors (Lipinski definition) is 6. The van der Waals surface area contributed by atoms with Crippen LogP contribution in [0.4, 0.5) is 5.82 Å². The fraction of sp³-hybridized carbons (Fsp3) is 0.323. The van der Waals surface area contributed by atoms with Crippen molar-refractivity contribution < 1.29 is 19.5 Å². The van der Waals surface area contributed by atoms with Gasteiger partial charge in [0, 0.05) is 59.7 Å². The van der Waals surface area contributed by atoms with E-state index in [1.54, 1.807) is 6.20 Å². The SMILES string of the molecule is O=C(O)CC12CC(=O)NC3=CC=CC(C31)N(Cc1ccc3cc4c(cc3n1)C[C@]1(C4)C(=O)Nc3ncccc31)C2. The molecule has 5 heterocycles. The van der Waals surface area contributed by atoms with Crippen molar-refractivity contribution in [2.24, 2.45) is 11.3 Å². The average Bonchev–Trinajstić information content (AvgIpc) is 3.52. The van der Waals surface area contributed by atoms with Crippen LogP contribution in [0.15, 0.2) is 66.5 Å². The fourth-order valence-electron chi connectivity index (χ4n) is 8.04. The Morgan fingerprint density at radius 2 is 1.95 bits per heavy atom. The van der Waals surface area contributed by atoms with E-state index in [1.165, 1.54) is 0 Å². The molecule has 4 atom stereocenters. The van der Waals surface area contributed by atoms with Crippen molar-refractivity contribution >= 4 is 34.5 Å². The molecule has 3 unspecified atom stereocenters. The Hall–Kier alpha value is -4.37. The van der Waals surface area contributed by atoms with Gasteiger partial charge >= 0.3 is 5.97 Å². The van der Waals surface area contributed by atoms with Crippen LogP contribution in [0.2, 0.25) is 0 Å². The van der Waals surface area contributed by atoms with Gasteiger partial charge in [-0.15, -0.1) is 0 Å². The molecule has 2 amide bonds. The number of fused-ring (bicyclic) bond motifs is 4. The van der Waals surface area contributed by atoms with Crippen LogP contribution in [0.3, 0.4) is 0 Å². The fourth-order valence-corrected chi connectivity index (χ4v) is 8.04. The van der Waals surface area contributed by atoms with Gasteiger partial charge in [0.15, 0.2) is 0 Å². The number of benzene rings is 1. The summed E-state index contributed by atoms with van der Waals surface area (Å²) in [6, 6.07) is 12.3. The standard InChI is InChI=1S/C31H27N5O4/c37-25-13-30(14-26(38)39)16-36(24-5-1-4-22(34-25)27(24)30)15-20-7-6-17-9-18-11-31(12-19(18)10-23(17)33-20)21-3-2-8-32-28(21)35-29(31)40/h1-10,24,27H,11-16H2,(H,34,37)(H,38,39)(H,32,35,40)/t24?,27?,30?,31-/m0/s1. The third-order valence-corrected chi connectivity index (χ3v) is 9.57. The van der Waals surface area contributed by atoms with Gasteiger partial charge in [-0.3, -0.25) is 24.3 Å². The summed E-state index contributed by atoms with van der Waals surface area (Å²) in [4.78, 5) is 49.2. The smallest absolute Gasteiger partial charge is 0.303 e. The minimum absolute atomic E-state index is 0.00261. The predicted octanol–water partition coefficient (Wildman–Crippen LogP) is 2.85. The van der Waals surface area contributed by atoms with E-state index >= 15 is 0 Å². The number of carbonyl (C=O) groups is 3. The van der Waals surface area contributed by atoms with E-state index in [9.17, 15) is 19.5 Å². The van der Waals surface area contributed by atoms with Gasteiger partial charge in [-0.25, -0.2) is 4.98 Å².